The van der Waals surface area contributed by atoms with E-state index in [4.69, 9.17) is 9.72 Å². The molecule has 0 amide bonds. The highest BCUT2D eigenvalue weighted by Gasteiger charge is 2.24. The van der Waals surface area contributed by atoms with Crippen molar-refractivity contribution < 1.29 is 9.53 Å². The molecule has 0 spiro atoms. The molecule has 3 aromatic heterocycles. The van der Waals surface area contributed by atoms with E-state index in [-0.39, 0.29) is 18.1 Å². The zero-order chi connectivity index (χ0) is 24.1. The van der Waals surface area contributed by atoms with E-state index in [9.17, 15) is 9.59 Å². The van der Waals surface area contributed by atoms with Crippen LogP contribution >= 0.6 is 0 Å². The quantitative estimate of drug-likeness (QED) is 0.294. The Kier molecular flexibility index (Phi) is 5.09. The van der Waals surface area contributed by atoms with Crippen molar-refractivity contribution in [2.24, 2.45) is 7.05 Å². The first-order valence-corrected chi connectivity index (χ1v) is 11.9. The third-order valence-corrected chi connectivity index (χ3v) is 6.90. The predicted octanol–water partition coefficient (Wildman–Crippen LogP) is 4.06. The van der Waals surface area contributed by atoms with Gasteiger partial charge in [-0.3, -0.25) is 18.7 Å². The summed E-state index contributed by atoms with van der Waals surface area (Å²) in [7, 11) is 1.67. The van der Waals surface area contributed by atoms with Gasteiger partial charge in [-0.05, 0) is 56.4 Å². The van der Waals surface area contributed by atoms with Crippen LogP contribution in [0.2, 0.25) is 0 Å². The van der Waals surface area contributed by atoms with E-state index >= 15 is 0 Å². The number of carbonyl (C=O) groups excluding carboxylic acids is 1. The number of rotatable bonds is 3. The van der Waals surface area contributed by atoms with E-state index in [1.165, 1.54) is 4.57 Å². The van der Waals surface area contributed by atoms with Crippen molar-refractivity contribution in [1.82, 2.24) is 24.1 Å². The van der Waals surface area contributed by atoms with Gasteiger partial charge in [0, 0.05) is 18.1 Å². The van der Waals surface area contributed by atoms with Crippen LogP contribution in [-0.4, -0.2) is 30.1 Å². The van der Waals surface area contributed by atoms with Gasteiger partial charge in [0.25, 0.3) is 5.56 Å². The molecule has 5 aromatic rings. The second-order valence-corrected chi connectivity index (χ2v) is 9.20. The summed E-state index contributed by atoms with van der Waals surface area (Å²) in [6.07, 6.45) is 4.91. The Morgan fingerprint density at radius 2 is 1.86 bits per heavy atom. The molecule has 0 fully saturated rings. The third kappa shape index (κ3) is 3.48. The van der Waals surface area contributed by atoms with Gasteiger partial charge in [-0.1, -0.05) is 36.2 Å². The molecule has 35 heavy (non-hydrogen) atoms. The monoisotopic (exact) mass is 467 g/mol. The van der Waals surface area contributed by atoms with Crippen LogP contribution in [0.15, 0.2) is 47.3 Å². The summed E-state index contributed by atoms with van der Waals surface area (Å²) < 4.78 is 9.12. The smallest absolute Gasteiger partial charge is 0.339 e. The van der Waals surface area contributed by atoms with E-state index in [0.717, 1.165) is 59.8 Å². The van der Waals surface area contributed by atoms with Crippen molar-refractivity contribution >= 4 is 33.6 Å². The minimum absolute atomic E-state index is 0.0629. The lowest BCUT2D eigenvalue weighted by molar-refractivity contribution is 0.0462. The maximum Gasteiger partial charge on any atom is 0.339 e. The maximum absolute atomic E-state index is 13.5. The second kappa shape index (κ2) is 8.30. The van der Waals surface area contributed by atoms with E-state index in [0.29, 0.717) is 28.1 Å². The van der Waals surface area contributed by atoms with Crippen LogP contribution in [0.1, 0.15) is 52.3 Å². The average Bonchev–Trinajstić information content (AvgIpc) is 3.15. The fraction of sp³-hybridized carbons (Fsp3) is 0.296. The van der Waals surface area contributed by atoms with Gasteiger partial charge < -0.3 is 4.74 Å². The van der Waals surface area contributed by atoms with Crippen molar-refractivity contribution in [1.29, 1.82) is 0 Å². The molecule has 6 rings (SSSR count). The number of ether oxygens (including phenoxy) is 1. The van der Waals surface area contributed by atoms with Crippen LogP contribution in [0.5, 0.6) is 0 Å². The van der Waals surface area contributed by atoms with Crippen LogP contribution in [0.3, 0.4) is 0 Å². The first-order chi connectivity index (χ1) is 17.0. The SMILES string of the molecule is Cc1ccc2c(c1)c(=O)n(C)c1nnc(COC(=O)c3c4c(nc5ccccc35)CCCCC4)n21. The Hall–Kier alpha value is -4.07. The Morgan fingerprint density at radius 1 is 1.03 bits per heavy atom. The van der Waals surface area contributed by atoms with Gasteiger partial charge in [0.05, 0.1) is 22.0 Å². The highest BCUT2D eigenvalue weighted by molar-refractivity contribution is 6.05. The molecule has 0 saturated heterocycles. The molecule has 0 unspecified atom stereocenters. The molecule has 1 aliphatic rings. The number of aryl methyl sites for hydroxylation is 3. The lowest BCUT2D eigenvalue weighted by Gasteiger charge is -2.15. The summed E-state index contributed by atoms with van der Waals surface area (Å²) in [5, 5.41) is 9.85. The lowest BCUT2D eigenvalue weighted by Crippen LogP contribution is -2.21. The molecule has 176 valence electrons. The third-order valence-electron chi connectivity index (χ3n) is 6.90. The number of benzene rings is 2. The zero-order valence-corrected chi connectivity index (χ0v) is 19.7. The Labute approximate surface area is 201 Å². The molecule has 1 aliphatic carbocycles. The molecular formula is C27H25N5O3. The van der Waals surface area contributed by atoms with Gasteiger partial charge in [0.2, 0.25) is 5.78 Å². The van der Waals surface area contributed by atoms with Gasteiger partial charge in [-0.2, -0.15) is 0 Å². The van der Waals surface area contributed by atoms with Crippen molar-refractivity contribution in [3.63, 3.8) is 0 Å². The molecule has 3 heterocycles. The highest BCUT2D eigenvalue weighted by atomic mass is 16.5. The molecule has 8 nitrogen and oxygen atoms in total. The average molecular weight is 468 g/mol. The molecule has 0 atom stereocenters. The van der Waals surface area contributed by atoms with Crippen LogP contribution in [0, 0.1) is 6.92 Å². The summed E-state index contributed by atoms with van der Waals surface area (Å²) in [4.78, 5) is 31.2. The first kappa shape index (κ1) is 21.5. The van der Waals surface area contributed by atoms with Crippen molar-refractivity contribution in [3.05, 3.63) is 81.0 Å². The van der Waals surface area contributed by atoms with Crippen LogP contribution in [-0.2, 0) is 31.2 Å². The van der Waals surface area contributed by atoms with E-state index in [1.807, 2.05) is 49.4 Å². The largest absolute Gasteiger partial charge is 0.454 e. The standard InChI is InChI=1S/C27H25N5O3/c1-16-12-13-22-19(14-16)25(33)31(2)27-30-29-23(32(22)27)15-35-26(34)24-17-8-4-3-5-10-20(17)28-21-11-7-6-9-18(21)24/h6-7,9,11-14H,3-5,8,10,15H2,1-2H3. The normalized spacial score (nSPS) is 13.8. The van der Waals surface area contributed by atoms with Gasteiger partial charge in [-0.25, -0.2) is 4.79 Å². The van der Waals surface area contributed by atoms with E-state index < -0.39 is 0 Å². The molecule has 0 N–H and O–H groups in total. The van der Waals surface area contributed by atoms with Crippen LogP contribution < -0.4 is 5.56 Å². The Balaban J connectivity index is 1.43. The number of carbonyl (C=O) groups is 1. The zero-order valence-electron chi connectivity index (χ0n) is 19.7. The second-order valence-electron chi connectivity index (χ2n) is 9.20. The lowest BCUT2D eigenvalue weighted by atomic mass is 9.97. The van der Waals surface area contributed by atoms with Crippen molar-refractivity contribution in [2.45, 2.75) is 45.6 Å². The van der Waals surface area contributed by atoms with Crippen molar-refractivity contribution in [2.75, 3.05) is 0 Å². The molecule has 8 heteroatoms. The number of pyridine rings is 1. The number of hydrogen-bond acceptors (Lipinski definition) is 6. The highest BCUT2D eigenvalue weighted by Crippen LogP contribution is 2.29. The maximum atomic E-state index is 13.5. The molecule has 0 radical (unpaired) electrons. The van der Waals surface area contributed by atoms with Gasteiger partial charge in [0.1, 0.15) is 0 Å². The molecule has 2 aromatic carbocycles. The van der Waals surface area contributed by atoms with Gasteiger partial charge in [0.15, 0.2) is 12.4 Å². The van der Waals surface area contributed by atoms with Crippen LogP contribution in [0.4, 0.5) is 0 Å². The van der Waals surface area contributed by atoms with E-state index in [1.54, 1.807) is 11.4 Å². The summed E-state index contributed by atoms with van der Waals surface area (Å²) in [5.74, 6) is 0.478. The summed E-state index contributed by atoms with van der Waals surface area (Å²) >= 11 is 0. The number of aromatic nitrogens is 5. The molecule has 0 saturated carbocycles. The summed E-state index contributed by atoms with van der Waals surface area (Å²) in [5.41, 5.74) is 4.95. The summed E-state index contributed by atoms with van der Waals surface area (Å²) in [6.45, 7) is 1.88. The fourth-order valence-electron chi connectivity index (χ4n) is 5.14. The van der Waals surface area contributed by atoms with Crippen LogP contribution in [0.25, 0.3) is 27.6 Å². The Bertz CT molecular complexity index is 1700. The number of nitrogens with zero attached hydrogens (tertiary/aromatic N) is 5. The van der Waals surface area contributed by atoms with Crippen molar-refractivity contribution in [3.8, 4) is 0 Å². The minimum atomic E-state index is -0.386. The number of hydrogen-bond donors (Lipinski definition) is 0. The fourth-order valence-corrected chi connectivity index (χ4v) is 5.14. The van der Waals surface area contributed by atoms with Gasteiger partial charge in [-0.15, -0.1) is 10.2 Å². The number of fused-ring (bicyclic) bond motifs is 5. The number of para-hydroxylation sites is 1. The predicted molar refractivity (Wildman–Crippen MR) is 133 cm³/mol. The van der Waals surface area contributed by atoms with Gasteiger partial charge >= 0.3 is 5.97 Å². The molecular weight excluding hydrogens is 442 g/mol. The van der Waals surface area contributed by atoms with E-state index in [2.05, 4.69) is 10.2 Å². The number of esters is 1. The molecule has 0 aliphatic heterocycles. The molecule has 0 bridgehead atoms. The summed E-state index contributed by atoms with van der Waals surface area (Å²) in [6, 6.07) is 13.4. The first-order valence-electron chi connectivity index (χ1n) is 11.9. The topological polar surface area (TPSA) is 91.4 Å². The Morgan fingerprint density at radius 3 is 2.74 bits per heavy atom. The minimum Gasteiger partial charge on any atom is -0.454 e.